The number of hydrogen-bond acceptors (Lipinski definition) is 2. The number of aromatic amines is 1. The predicted molar refractivity (Wildman–Crippen MR) is 70.6 cm³/mol. The zero-order valence-corrected chi connectivity index (χ0v) is 10.8. The first-order valence-corrected chi connectivity index (χ1v) is 6.36. The average Bonchev–Trinajstić information content (AvgIpc) is 2.88. The second kappa shape index (κ2) is 5.93. The fraction of sp³-hybridized carbons (Fsp3) is 0.357. The Morgan fingerprint density at radius 3 is 2.74 bits per heavy atom. The molecule has 0 amide bonds. The first-order chi connectivity index (χ1) is 9.15. The molecule has 1 aromatic carbocycles. The van der Waals surface area contributed by atoms with Gasteiger partial charge in [0.05, 0.1) is 11.9 Å². The number of halogens is 2. The van der Waals surface area contributed by atoms with Gasteiger partial charge in [0.2, 0.25) is 0 Å². The van der Waals surface area contributed by atoms with Gasteiger partial charge in [0.1, 0.15) is 5.82 Å². The minimum Gasteiger partial charge on any atom is -0.342 e. The van der Waals surface area contributed by atoms with Gasteiger partial charge >= 0.3 is 0 Å². The van der Waals surface area contributed by atoms with Crippen molar-refractivity contribution >= 4 is 0 Å². The summed E-state index contributed by atoms with van der Waals surface area (Å²) in [6.07, 6.45) is 3.59. The quantitative estimate of drug-likeness (QED) is 0.872. The van der Waals surface area contributed by atoms with Crippen molar-refractivity contribution in [1.29, 1.82) is 0 Å². The van der Waals surface area contributed by atoms with Crippen LogP contribution in [0, 0.1) is 11.6 Å². The van der Waals surface area contributed by atoms with Gasteiger partial charge in [0, 0.05) is 18.0 Å². The van der Waals surface area contributed by atoms with E-state index in [4.69, 9.17) is 5.73 Å². The molecular weight excluding hydrogens is 248 g/mol. The van der Waals surface area contributed by atoms with E-state index in [0.717, 1.165) is 30.8 Å². The van der Waals surface area contributed by atoms with Crippen LogP contribution in [0.25, 0.3) is 11.3 Å². The number of hydrogen-bond donors (Lipinski definition) is 2. The smallest absolute Gasteiger partial charge is 0.159 e. The van der Waals surface area contributed by atoms with E-state index in [9.17, 15) is 8.78 Å². The molecule has 0 radical (unpaired) electrons. The molecule has 2 aromatic rings. The summed E-state index contributed by atoms with van der Waals surface area (Å²) in [6.45, 7) is 2.60. The van der Waals surface area contributed by atoms with Gasteiger partial charge in [0.25, 0.3) is 0 Å². The number of nitrogens with zero attached hydrogens (tertiary/aromatic N) is 1. The molecule has 1 atom stereocenters. The summed E-state index contributed by atoms with van der Waals surface area (Å²) in [5.41, 5.74) is 6.96. The molecule has 0 saturated carbocycles. The Labute approximate surface area is 110 Å². The Morgan fingerprint density at radius 1 is 1.32 bits per heavy atom. The van der Waals surface area contributed by atoms with Crippen molar-refractivity contribution in [2.75, 3.05) is 6.54 Å². The number of nitrogens with two attached hydrogens (primary N) is 1. The highest BCUT2D eigenvalue weighted by Crippen LogP contribution is 2.23. The third-order valence-corrected chi connectivity index (χ3v) is 3.13. The normalized spacial score (nSPS) is 12.6. The molecule has 2 rings (SSSR count). The van der Waals surface area contributed by atoms with Crippen LogP contribution in [-0.4, -0.2) is 16.5 Å². The van der Waals surface area contributed by atoms with Gasteiger partial charge in [-0.1, -0.05) is 13.3 Å². The van der Waals surface area contributed by atoms with Crippen molar-refractivity contribution in [2.24, 2.45) is 5.73 Å². The van der Waals surface area contributed by atoms with Crippen LogP contribution in [0.5, 0.6) is 0 Å². The molecule has 0 bridgehead atoms. The highest BCUT2D eigenvalue weighted by Gasteiger charge is 2.13. The van der Waals surface area contributed by atoms with Crippen molar-refractivity contribution in [3.63, 3.8) is 0 Å². The second-order valence-corrected chi connectivity index (χ2v) is 4.53. The summed E-state index contributed by atoms with van der Waals surface area (Å²) in [4.78, 5) is 7.41. The highest BCUT2D eigenvalue weighted by molar-refractivity contribution is 5.58. The zero-order chi connectivity index (χ0) is 13.8. The average molecular weight is 265 g/mol. The summed E-state index contributed by atoms with van der Waals surface area (Å²) < 4.78 is 26.1. The first-order valence-electron chi connectivity index (χ1n) is 6.36. The minimum absolute atomic E-state index is 0.170. The Hall–Kier alpha value is -1.75. The van der Waals surface area contributed by atoms with Crippen LogP contribution < -0.4 is 5.73 Å². The Balaban J connectivity index is 2.27. The lowest BCUT2D eigenvalue weighted by atomic mass is 10.0. The summed E-state index contributed by atoms with van der Waals surface area (Å²) in [7, 11) is 0. The van der Waals surface area contributed by atoms with E-state index in [-0.39, 0.29) is 5.92 Å². The van der Waals surface area contributed by atoms with Crippen LogP contribution in [0.15, 0.2) is 24.4 Å². The van der Waals surface area contributed by atoms with Gasteiger partial charge in [-0.25, -0.2) is 13.8 Å². The fourth-order valence-electron chi connectivity index (χ4n) is 2.07. The SMILES string of the molecule is CCCC(CN)c1ncc(-c2ccc(F)c(F)c2)[nH]1. The van der Waals surface area contributed by atoms with Gasteiger partial charge in [-0.05, 0) is 24.6 Å². The molecule has 3 nitrogen and oxygen atoms in total. The maximum atomic E-state index is 13.2. The van der Waals surface area contributed by atoms with E-state index >= 15 is 0 Å². The maximum absolute atomic E-state index is 13.2. The monoisotopic (exact) mass is 265 g/mol. The first kappa shape index (κ1) is 13.7. The molecule has 0 spiro atoms. The lowest BCUT2D eigenvalue weighted by Gasteiger charge is -2.09. The van der Waals surface area contributed by atoms with Crippen molar-refractivity contribution < 1.29 is 8.78 Å². The topological polar surface area (TPSA) is 54.7 Å². The predicted octanol–water partition coefficient (Wildman–Crippen LogP) is 3.20. The number of aromatic nitrogens is 2. The Morgan fingerprint density at radius 2 is 2.11 bits per heavy atom. The van der Waals surface area contributed by atoms with Crippen LogP contribution in [-0.2, 0) is 0 Å². The minimum atomic E-state index is -0.863. The zero-order valence-electron chi connectivity index (χ0n) is 10.8. The summed E-state index contributed by atoms with van der Waals surface area (Å²) in [6, 6.07) is 3.79. The summed E-state index contributed by atoms with van der Waals surface area (Å²) in [5.74, 6) is -0.750. The van der Waals surface area contributed by atoms with Crippen molar-refractivity contribution in [3.05, 3.63) is 41.9 Å². The van der Waals surface area contributed by atoms with Gasteiger partial charge in [-0.3, -0.25) is 0 Å². The number of rotatable bonds is 5. The van der Waals surface area contributed by atoms with Crippen molar-refractivity contribution in [2.45, 2.75) is 25.7 Å². The van der Waals surface area contributed by atoms with Gasteiger partial charge in [-0.15, -0.1) is 0 Å². The number of H-pyrrole nitrogens is 1. The Kier molecular flexibility index (Phi) is 4.27. The molecule has 0 aliphatic carbocycles. The third kappa shape index (κ3) is 2.98. The maximum Gasteiger partial charge on any atom is 0.159 e. The van der Waals surface area contributed by atoms with E-state index in [1.807, 2.05) is 0 Å². The number of imidazole rings is 1. The van der Waals surface area contributed by atoms with E-state index < -0.39 is 11.6 Å². The molecular formula is C14H17F2N3. The van der Waals surface area contributed by atoms with Crippen LogP contribution in [0.1, 0.15) is 31.5 Å². The molecule has 0 aliphatic rings. The van der Waals surface area contributed by atoms with E-state index in [2.05, 4.69) is 16.9 Å². The lowest BCUT2D eigenvalue weighted by molar-refractivity contribution is 0.509. The van der Waals surface area contributed by atoms with Crippen LogP contribution in [0.2, 0.25) is 0 Å². The second-order valence-electron chi connectivity index (χ2n) is 4.53. The highest BCUT2D eigenvalue weighted by atomic mass is 19.2. The van der Waals surface area contributed by atoms with E-state index in [1.165, 1.54) is 6.07 Å². The molecule has 0 aliphatic heterocycles. The molecule has 102 valence electrons. The fourth-order valence-corrected chi connectivity index (χ4v) is 2.07. The van der Waals surface area contributed by atoms with Gasteiger partial charge in [0.15, 0.2) is 11.6 Å². The van der Waals surface area contributed by atoms with Gasteiger partial charge in [-0.2, -0.15) is 0 Å². The molecule has 3 N–H and O–H groups in total. The molecule has 0 saturated heterocycles. The molecule has 1 heterocycles. The lowest BCUT2D eigenvalue weighted by Crippen LogP contribution is -2.13. The number of nitrogens with one attached hydrogen (secondary N) is 1. The largest absolute Gasteiger partial charge is 0.342 e. The van der Waals surface area contributed by atoms with Crippen molar-refractivity contribution in [3.8, 4) is 11.3 Å². The van der Waals surface area contributed by atoms with Gasteiger partial charge < -0.3 is 10.7 Å². The summed E-state index contributed by atoms with van der Waals surface area (Å²) >= 11 is 0. The standard InChI is InChI=1S/C14H17F2N3/c1-2-3-10(7-17)14-18-8-13(19-14)9-4-5-11(15)12(16)6-9/h4-6,8,10H,2-3,7,17H2,1H3,(H,18,19). The van der Waals surface area contributed by atoms with E-state index in [0.29, 0.717) is 17.8 Å². The molecule has 0 fully saturated rings. The van der Waals surface area contributed by atoms with Crippen LogP contribution >= 0.6 is 0 Å². The molecule has 1 aromatic heterocycles. The third-order valence-electron chi connectivity index (χ3n) is 3.13. The summed E-state index contributed by atoms with van der Waals surface area (Å²) in [5, 5.41) is 0. The van der Waals surface area contributed by atoms with Crippen molar-refractivity contribution in [1.82, 2.24) is 9.97 Å². The Bertz CT molecular complexity index is 551. The molecule has 19 heavy (non-hydrogen) atoms. The molecule has 5 heteroatoms. The molecule has 1 unspecified atom stereocenters. The number of benzene rings is 1. The van der Waals surface area contributed by atoms with Crippen LogP contribution in [0.3, 0.4) is 0 Å². The van der Waals surface area contributed by atoms with E-state index in [1.54, 1.807) is 6.20 Å². The van der Waals surface area contributed by atoms with Crippen LogP contribution in [0.4, 0.5) is 8.78 Å².